The number of hydrogen-bond donors (Lipinski definition) is 1. The largest absolute Gasteiger partial charge is 0.486 e. The minimum absolute atomic E-state index is 0.104. The van der Waals surface area contributed by atoms with E-state index in [4.69, 9.17) is 9.47 Å². The summed E-state index contributed by atoms with van der Waals surface area (Å²) in [5.74, 6) is 1.25. The number of sulfonamides is 1. The maximum Gasteiger partial charge on any atom is 0.263 e. The molecule has 0 saturated heterocycles. The molecule has 1 aromatic heterocycles. The molecule has 0 fully saturated rings. The molecule has 2 aromatic rings. The van der Waals surface area contributed by atoms with Gasteiger partial charge in [0.25, 0.3) is 10.0 Å². The minimum Gasteiger partial charge on any atom is -0.486 e. The van der Waals surface area contributed by atoms with E-state index in [1.54, 1.807) is 25.4 Å². The molecule has 8 heteroatoms. The monoisotopic (exact) mass is 295 g/mol. The number of rotatable bonds is 3. The van der Waals surface area contributed by atoms with Gasteiger partial charge < -0.3 is 9.47 Å². The molecule has 20 heavy (non-hydrogen) atoms. The molecule has 0 unspecified atom stereocenters. The molecule has 0 bridgehead atoms. The predicted molar refractivity (Wildman–Crippen MR) is 71.4 cm³/mol. The molecule has 1 aromatic carbocycles. The van der Waals surface area contributed by atoms with Crippen molar-refractivity contribution < 1.29 is 17.9 Å². The molecule has 2 heterocycles. The standard InChI is InChI=1S/C12H13N3O4S/c1-15-5-4-12(13-15)14-20(16,17)9-2-3-10-11(8-9)19-7-6-18-10/h2-5,8H,6-7H2,1H3,(H,13,14). The van der Waals surface area contributed by atoms with E-state index in [0.717, 1.165) is 0 Å². The van der Waals surface area contributed by atoms with E-state index >= 15 is 0 Å². The lowest BCUT2D eigenvalue weighted by atomic mass is 10.3. The normalized spacial score (nSPS) is 14.1. The van der Waals surface area contributed by atoms with E-state index in [2.05, 4.69) is 9.82 Å². The van der Waals surface area contributed by atoms with Gasteiger partial charge in [0.1, 0.15) is 13.2 Å². The maximum atomic E-state index is 12.2. The highest BCUT2D eigenvalue weighted by Crippen LogP contribution is 2.32. The zero-order chi connectivity index (χ0) is 14.2. The molecule has 1 aliphatic rings. The van der Waals surface area contributed by atoms with Crippen LogP contribution in [0.4, 0.5) is 5.82 Å². The van der Waals surface area contributed by atoms with Gasteiger partial charge in [-0.2, -0.15) is 5.10 Å². The smallest absolute Gasteiger partial charge is 0.263 e. The van der Waals surface area contributed by atoms with Crippen LogP contribution in [0, 0.1) is 0 Å². The molecule has 106 valence electrons. The Morgan fingerprint density at radius 1 is 1.20 bits per heavy atom. The topological polar surface area (TPSA) is 82.5 Å². The summed E-state index contributed by atoms with van der Waals surface area (Å²) in [6.07, 6.45) is 1.65. The summed E-state index contributed by atoms with van der Waals surface area (Å²) in [5.41, 5.74) is 0. The summed E-state index contributed by atoms with van der Waals surface area (Å²) < 4.78 is 39.1. The Labute approximate surface area is 116 Å². The SMILES string of the molecule is Cn1ccc(NS(=O)(=O)c2ccc3c(c2)OCCO3)n1. The van der Waals surface area contributed by atoms with Crippen molar-refractivity contribution in [1.82, 2.24) is 9.78 Å². The van der Waals surface area contributed by atoms with Gasteiger partial charge in [0.15, 0.2) is 17.3 Å². The molecule has 1 N–H and O–H groups in total. The van der Waals surface area contributed by atoms with Crippen LogP contribution in [0.3, 0.4) is 0 Å². The van der Waals surface area contributed by atoms with Crippen LogP contribution in [0.15, 0.2) is 35.4 Å². The number of anilines is 1. The molecule has 0 spiro atoms. The minimum atomic E-state index is -3.69. The second-order valence-electron chi connectivity index (χ2n) is 4.29. The fourth-order valence-corrected chi connectivity index (χ4v) is 2.87. The van der Waals surface area contributed by atoms with E-state index in [-0.39, 0.29) is 10.7 Å². The zero-order valence-corrected chi connectivity index (χ0v) is 11.6. The molecule has 0 aliphatic carbocycles. The van der Waals surface area contributed by atoms with E-state index < -0.39 is 10.0 Å². The van der Waals surface area contributed by atoms with Crippen molar-refractivity contribution in [3.8, 4) is 11.5 Å². The van der Waals surface area contributed by atoms with Crippen molar-refractivity contribution >= 4 is 15.8 Å². The van der Waals surface area contributed by atoms with E-state index in [9.17, 15) is 8.42 Å². The van der Waals surface area contributed by atoms with Gasteiger partial charge in [-0.3, -0.25) is 9.40 Å². The number of aryl methyl sites for hydroxylation is 1. The molecule has 0 amide bonds. The Bertz CT molecular complexity index is 739. The van der Waals surface area contributed by atoms with Crippen LogP contribution in [-0.2, 0) is 17.1 Å². The first-order valence-corrected chi connectivity index (χ1v) is 7.45. The maximum absolute atomic E-state index is 12.2. The van der Waals surface area contributed by atoms with Crippen LogP contribution in [-0.4, -0.2) is 31.4 Å². The number of hydrogen-bond acceptors (Lipinski definition) is 5. The zero-order valence-electron chi connectivity index (χ0n) is 10.7. The lowest BCUT2D eigenvalue weighted by molar-refractivity contribution is 0.171. The van der Waals surface area contributed by atoms with E-state index in [1.807, 2.05) is 0 Å². The highest BCUT2D eigenvalue weighted by atomic mass is 32.2. The van der Waals surface area contributed by atoms with Crippen molar-refractivity contribution in [2.75, 3.05) is 17.9 Å². The molecular formula is C12H13N3O4S. The first-order valence-electron chi connectivity index (χ1n) is 5.97. The molecule has 0 radical (unpaired) electrons. The number of aromatic nitrogens is 2. The van der Waals surface area contributed by atoms with Crippen molar-refractivity contribution in [1.29, 1.82) is 0 Å². The summed E-state index contributed by atoms with van der Waals surface area (Å²) in [6.45, 7) is 0.870. The van der Waals surface area contributed by atoms with Gasteiger partial charge in [-0.25, -0.2) is 8.42 Å². The third-order valence-corrected chi connectivity index (χ3v) is 4.13. The van der Waals surface area contributed by atoms with Crippen LogP contribution in [0.5, 0.6) is 11.5 Å². The molecule has 0 saturated carbocycles. The molecule has 0 atom stereocenters. The van der Waals surface area contributed by atoms with Crippen molar-refractivity contribution in [3.05, 3.63) is 30.5 Å². The Balaban J connectivity index is 1.91. The quantitative estimate of drug-likeness (QED) is 0.913. The van der Waals surface area contributed by atoms with Gasteiger partial charge in [0.05, 0.1) is 4.90 Å². The molecule has 1 aliphatic heterocycles. The van der Waals surface area contributed by atoms with Crippen LogP contribution in [0.25, 0.3) is 0 Å². The Kier molecular flexibility index (Phi) is 3.01. The number of benzene rings is 1. The number of ether oxygens (including phenoxy) is 2. The fraction of sp³-hybridized carbons (Fsp3) is 0.250. The summed E-state index contributed by atoms with van der Waals surface area (Å²) in [5, 5.41) is 3.98. The van der Waals surface area contributed by atoms with Gasteiger partial charge in [0.2, 0.25) is 0 Å². The number of fused-ring (bicyclic) bond motifs is 1. The molecule has 7 nitrogen and oxygen atoms in total. The van der Waals surface area contributed by atoms with Gasteiger partial charge in [0, 0.05) is 25.4 Å². The average Bonchev–Trinajstić information content (AvgIpc) is 2.83. The van der Waals surface area contributed by atoms with Crippen LogP contribution < -0.4 is 14.2 Å². The Morgan fingerprint density at radius 3 is 2.65 bits per heavy atom. The summed E-state index contributed by atoms with van der Waals surface area (Å²) in [4.78, 5) is 0.104. The third-order valence-electron chi connectivity index (χ3n) is 2.78. The number of nitrogens with one attached hydrogen (secondary N) is 1. The van der Waals surface area contributed by atoms with Gasteiger partial charge >= 0.3 is 0 Å². The summed E-state index contributed by atoms with van der Waals surface area (Å²) >= 11 is 0. The fourth-order valence-electron chi connectivity index (χ4n) is 1.86. The van der Waals surface area contributed by atoms with Crippen molar-refractivity contribution in [3.63, 3.8) is 0 Å². The first-order chi connectivity index (χ1) is 9.54. The second kappa shape index (κ2) is 4.71. The van der Waals surface area contributed by atoms with Gasteiger partial charge in [-0.1, -0.05) is 0 Å². The van der Waals surface area contributed by atoms with Crippen molar-refractivity contribution in [2.24, 2.45) is 7.05 Å². The highest BCUT2D eigenvalue weighted by Gasteiger charge is 2.20. The van der Waals surface area contributed by atoms with E-state index in [0.29, 0.717) is 24.7 Å². The highest BCUT2D eigenvalue weighted by molar-refractivity contribution is 7.92. The summed E-state index contributed by atoms with van der Waals surface area (Å²) in [7, 11) is -1.98. The molecule has 3 rings (SSSR count). The number of nitrogens with zero attached hydrogens (tertiary/aromatic N) is 2. The lowest BCUT2D eigenvalue weighted by Gasteiger charge is -2.18. The first kappa shape index (κ1) is 12.8. The van der Waals surface area contributed by atoms with Crippen LogP contribution >= 0.6 is 0 Å². The van der Waals surface area contributed by atoms with E-state index in [1.165, 1.54) is 16.8 Å². The van der Waals surface area contributed by atoms with Crippen molar-refractivity contribution in [2.45, 2.75) is 4.90 Å². The van der Waals surface area contributed by atoms with Gasteiger partial charge in [-0.15, -0.1) is 0 Å². The van der Waals surface area contributed by atoms with Gasteiger partial charge in [-0.05, 0) is 12.1 Å². The molecular weight excluding hydrogens is 282 g/mol. The average molecular weight is 295 g/mol. The lowest BCUT2D eigenvalue weighted by Crippen LogP contribution is -2.17. The Hall–Kier alpha value is -2.22. The third kappa shape index (κ3) is 2.42. The van der Waals surface area contributed by atoms with Crippen LogP contribution in [0.2, 0.25) is 0 Å². The Morgan fingerprint density at radius 2 is 1.95 bits per heavy atom. The van der Waals surface area contributed by atoms with Crippen LogP contribution in [0.1, 0.15) is 0 Å². The predicted octanol–water partition coefficient (Wildman–Crippen LogP) is 0.992. The summed E-state index contributed by atoms with van der Waals surface area (Å²) in [6, 6.07) is 6.08. The second-order valence-corrected chi connectivity index (χ2v) is 5.97.